The average molecular weight is 175 g/mol. The molecule has 0 aromatic carbocycles. The van der Waals surface area contributed by atoms with E-state index in [2.05, 4.69) is 34.0 Å². The van der Waals surface area contributed by atoms with Gasteiger partial charge in [0.1, 0.15) is 6.33 Å². The zero-order valence-corrected chi connectivity index (χ0v) is 7.91. The third kappa shape index (κ3) is 3.22. The summed E-state index contributed by atoms with van der Waals surface area (Å²) >= 11 is 0. The Labute approximate surface area is 78.6 Å². The third-order valence-corrected chi connectivity index (χ3v) is 1.75. The molecule has 0 aliphatic heterocycles. The Hall–Kier alpha value is -1.40. The van der Waals surface area contributed by atoms with Gasteiger partial charge in [0.15, 0.2) is 0 Å². The Bertz CT molecular complexity index is 297. The summed E-state index contributed by atoms with van der Waals surface area (Å²) in [5.74, 6) is 5.78. The second-order valence-electron chi connectivity index (χ2n) is 2.70. The van der Waals surface area contributed by atoms with Crippen molar-refractivity contribution in [2.24, 2.45) is 0 Å². The standard InChI is InChI=1S/C10H13N3/c1-3-4-5-13-9(2)10-6-11-8-12-7-10/h6-9,13H,5H2,1-2H3. The van der Waals surface area contributed by atoms with Gasteiger partial charge in [0.25, 0.3) is 0 Å². The van der Waals surface area contributed by atoms with Crippen molar-refractivity contribution in [1.82, 2.24) is 15.3 Å². The van der Waals surface area contributed by atoms with Gasteiger partial charge >= 0.3 is 0 Å². The van der Waals surface area contributed by atoms with E-state index in [0.717, 1.165) is 5.56 Å². The fraction of sp³-hybridized carbons (Fsp3) is 0.400. The fourth-order valence-corrected chi connectivity index (χ4v) is 0.945. The molecule has 1 aromatic heterocycles. The maximum Gasteiger partial charge on any atom is 0.115 e. The van der Waals surface area contributed by atoms with Crippen LogP contribution < -0.4 is 5.32 Å². The van der Waals surface area contributed by atoms with Crippen molar-refractivity contribution in [1.29, 1.82) is 0 Å². The molecular weight excluding hydrogens is 162 g/mol. The normalized spacial score (nSPS) is 11.5. The minimum Gasteiger partial charge on any atom is -0.299 e. The van der Waals surface area contributed by atoms with E-state index in [9.17, 15) is 0 Å². The second-order valence-corrected chi connectivity index (χ2v) is 2.70. The first-order chi connectivity index (χ1) is 6.34. The molecule has 0 fully saturated rings. The van der Waals surface area contributed by atoms with E-state index in [-0.39, 0.29) is 6.04 Å². The SMILES string of the molecule is CC#CCNC(C)c1cncnc1. The highest BCUT2D eigenvalue weighted by molar-refractivity contribution is 5.09. The topological polar surface area (TPSA) is 37.8 Å². The first-order valence-corrected chi connectivity index (χ1v) is 4.22. The molecule has 1 heterocycles. The van der Waals surface area contributed by atoms with Crippen molar-refractivity contribution in [3.05, 3.63) is 24.3 Å². The zero-order valence-electron chi connectivity index (χ0n) is 7.91. The van der Waals surface area contributed by atoms with Gasteiger partial charge < -0.3 is 0 Å². The molecule has 0 radical (unpaired) electrons. The summed E-state index contributed by atoms with van der Waals surface area (Å²) in [6, 6.07) is 0.252. The quantitative estimate of drug-likeness (QED) is 0.700. The monoisotopic (exact) mass is 175 g/mol. The lowest BCUT2D eigenvalue weighted by atomic mass is 10.2. The zero-order chi connectivity index (χ0) is 9.52. The lowest BCUT2D eigenvalue weighted by Gasteiger charge is -2.10. The highest BCUT2D eigenvalue weighted by atomic mass is 14.9. The number of nitrogens with one attached hydrogen (secondary N) is 1. The van der Waals surface area contributed by atoms with Gasteiger partial charge in [-0.1, -0.05) is 5.92 Å². The molecule has 13 heavy (non-hydrogen) atoms. The van der Waals surface area contributed by atoms with E-state index in [4.69, 9.17) is 0 Å². The van der Waals surface area contributed by atoms with E-state index in [0.29, 0.717) is 6.54 Å². The molecule has 1 unspecified atom stereocenters. The lowest BCUT2D eigenvalue weighted by Crippen LogP contribution is -2.18. The van der Waals surface area contributed by atoms with Gasteiger partial charge in [-0.25, -0.2) is 9.97 Å². The van der Waals surface area contributed by atoms with Crippen LogP contribution in [0.15, 0.2) is 18.7 Å². The van der Waals surface area contributed by atoms with E-state index >= 15 is 0 Å². The van der Waals surface area contributed by atoms with E-state index in [1.807, 2.05) is 19.3 Å². The molecule has 0 spiro atoms. The average Bonchev–Trinajstić information content (AvgIpc) is 2.19. The first kappa shape index (κ1) is 9.69. The van der Waals surface area contributed by atoms with Crippen LogP contribution in [0, 0.1) is 11.8 Å². The Morgan fingerprint density at radius 1 is 1.46 bits per heavy atom. The highest BCUT2D eigenvalue weighted by Crippen LogP contribution is 2.07. The van der Waals surface area contributed by atoms with Gasteiger partial charge in [-0.2, -0.15) is 0 Å². The summed E-state index contributed by atoms with van der Waals surface area (Å²) in [7, 11) is 0. The maximum absolute atomic E-state index is 3.95. The molecule has 1 rings (SSSR count). The number of nitrogens with zero attached hydrogens (tertiary/aromatic N) is 2. The molecule has 0 saturated heterocycles. The van der Waals surface area contributed by atoms with Crippen LogP contribution in [0.2, 0.25) is 0 Å². The number of rotatable bonds is 3. The van der Waals surface area contributed by atoms with E-state index in [1.54, 1.807) is 0 Å². The molecular formula is C10H13N3. The molecule has 3 heteroatoms. The fourth-order valence-electron chi connectivity index (χ4n) is 0.945. The van der Waals surface area contributed by atoms with Crippen LogP contribution in [0.25, 0.3) is 0 Å². The van der Waals surface area contributed by atoms with E-state index in [1.165, 1.54) is 6.33 Å². The minimum atomic E-state index is 0.252. The second kappa shape index (κ2) is 5.28. The van der Waals surface area contributed by atoms with Crippen molar-refractivity contribution in [2.75, 3.05) is 6.54 Å². The molecule has 68 valence electrons. The molecule has 0 aliphatic rings. The van der Waals surface area contributed by atoms with Crippen LogP contribution in [0.3, 0.4) is 0 Å². The van der Waals surface area contributed by atoms with Gasteiger partial charge in [-0.15, -0.1) is 5.92 Å². The van der Waals surface area contributed by atoms with Crippen molar-refractivity contribution in [3.8, 4) is 11.8 Å². The first-order valence-electron chi connectivity index (χ1n) is 4.22. The summed E-state index contributed by atoms with van der Waals surface area (Å²) in [6.45, 7) is 4.60. The van der Waals surface area contributed by atoms with Gasteiger partial charge in [0, 0.05) is 24.0 Å². The molecule has 0 aliphatic carbocycles. The molecule has 1 aromatic rings. The van der Waals surface area contributed by atoms with Crippen LogP contribution in [0.4, 0.5) is 0 Å². The van der Waals surface area contributed by atoms with Crippen molar-refractivity contribution >= 4 is 0 Å². The number of hydrogen-bond acceptors (Lipinski definition) is 3. The number of aromatic nitrogens is 2. The highest BCUT2D eigenvalue weighted by Gasteiger charge is 2.02. The smallest absolute Gasteiger partial charge is 0.115 e. The summed E-state index contributed by atoms with van der Waals surface area (Å²) in [4.78, 5) is 7.89. The lowest BCUT2D eigenvalue weighted by molar-refractivity contribution is 0.618. The van der Waals surface area contributed by atoms with Crippen LogP contribution in [0.1, 0.15) is 25.5 Å². The summed E-state index contributed by atoms with van der Waals surface area (Å²) in [5, 5.41) is 3.25. The Balaban J connectivity index is 2.47. The molecule has 0 amide bonds. The van der Waals surface area contributed by atoms with Gasteiger partial charge in [-0.05, 0) is 13.8 Å². The molecule has 1 atom stereocenters. The molecule has 0 saturated carbocycles. The van der Waals surface area contributed by atoms with E-state index < -0.39 is 0 Å². The van der Waals surface area contributed by atoms with Crippen molar-refractivity contribution in [2.45, 2.75) is 19.9 Å². The van der Waals surface area contributed by atoms with Crippen LogP contribution >= 0.6 is 0 Å². The largest absolute Gasteiger partial charge is 0.299 e. The third-order valence-electron chi connectivity index (χ3n) is 1.75. The maximum atomic E-state index is 3.95. The Kier molecular flexibility index (Phi) is 3.94. The predicted molar refractivity (Wildman–Crippen MR) is 51.9 cm³/mol. The van der Waals surface area contributed by atoms with Gasteiger partial charge in [0.05, 0.1) is 6.54 Å². The van der Waals surface area contributed by atoms with Crippen LogP contribution in [-0.2, 0) is 0 Å². The number of hydrogen-bond donors (Lipinski definition) is 1. The Morgan fingerprint density at radius 2 is 2.15 bits per heavy atom. The summed E-state index contributed by atoms with van der Waals surface area (Å²) < 4.78 is 0. The van der Waals surface area contributed by atoms with Crippen LogP contribution in [-0.4, -0.2) is 16.5 Å². The van der Waals surface area contributed by atoms with Gasteiger partial charge in [0.2, 0.25) is 0 Å². The molecule has 0 bridgehead atoms. The molecule has 1 N–H and O–H groups in total. The minimum absolute atomic E-state index is 0.252. The predicted octanol–water partition coefficient (Wildman–Crippen LogP) is 1.15. The Morgan fingerprint density at radius 3 is 2.77 bits per heavy atom. The van der Waals surface area contributed by atoms with Crippen molar-refractivity contribution in [3.63, 3.8) is 0 Å². The van der Waals surface area contributed by atoms with Gasteiger partial charge in [-0.3, -0.25) is 5.32 Å². The molecule has 3 nitrogen and oxygen atoms in total. The van der Waals surface area contributed by atoms with Crippen LogP contribution in [0.5, 0.6) is 0 Å². The summed E-state index contributed by atoms with van der Waals surface area (Å²) in [5.41, 5.74) is 1.08. The summed E-state index contributed by atoms with van der Waals surface area (Å²) in [6.07, 6.45) is 5.15. The van der Waals surface area contributed by atoms with Crippen molar-refractivity contribution < 1.29 is 0 Å².